The quantitative estimate of drug-likeness (QED) is 0.921. The van der Waals surface area contributed by atoms with Crippen molar-refractivity contribution < 1.29 is 14.6 Å². The Kier molecular flexibility index (Phi) is 4.23. The molecule has 0 bridgehead atoms. The van der Waals surface area contributed by atoms with Crippen LogP contribution in [-0.2, 0) is 4.74 Å². The lowest BCUT2D eigenvalue weighted by Gasteiger charge is -2.40. The number of hydrogen-bond donors (Lipinski definition) is 1. The summed E-state index contributed by atoms with van der Waals surface area (Å²) in [4.78, 5) is 0. The molecule has 116 valence electrons. The molecule has 1 aliphatic heterocycles. The highest BCUT2D eigenvalue weighted by molar-refractivity contribution is 5.39. The number of benzene rings is 1. The fourth-order valence-corrected chi connectivity index (χ4v) is 4.02. The lowest BCUT2D eigenvalue weighted by Crippen LogP contribution is -2.39. The summed E-state index contributed by atoms with van der Waals surface area (Å²) in [7, 11) is 1.67. The summed E-state index contributed by atoms with van der Waals surface area (Å²) in [5, 5.41) is 10.9. The molecule has 3 heteroatoms. The Morgan fingerprint density at radius 2 is 2.10 bits per heavy atom. The number of aryl methyl sites for hydroxylation is 1. The van der Waals surface area contributed by atoms with Crippen LogP contribution in [0, 0.1) is 12.8 Å². The second-order valence-corrected chi connectivity index (χ2v) is 6.68. The minimum Gasteiger partial charge on any atom is -0.496 e. The second kappa shape index (κ2) is 5.98. The van der Waals surface area contributed by atoms with E-state index in [-0.39, 0.29) is 11.5 Å². The van der Waals surface area contributed by atoms with Gasteiger partial charge in [-0.2, -0.15) is 0 Å². The standard InChI is InChI=1S/C18H26O3/c1-13-5-6-15(16(11-13)20-2)17(19)14-7-10-21-18(12-14)8-3-4-9-18/h5-6,11,14,17,19H,3-4,7-10,12H2,1-2H3. The second-order valence-electron chi connectivity index (χ2n) is 6.68. The van der Waals surface area contributed by atoms with Crippen molar-refractivity contribution in [2.75, 3.05) is 13.7 Å². The van der Waals surface area contributed by atoms with Crippen LogP contribution in [0.25, 0.3) is 0 Å². The van der Waals surface area contributed by atoms with Crippen LogP contribution in [0.3, 0.4) is 0 Å². The Labute approximate surface area is 127 Å². The normalized spacial score (nSPS) is 26.0. The van der Waals surface area contributed by atoms with Crippen molar-refractivity contribution in [3.05, 3.63) is 29.3 Å². The van der Waals surface area contributed by atoms with Gasteiger partial charge in [0.2, 0.25) is 0 Å². The molecule has 2 fully saturated rings. The Balaban J connectivity index is 1.79. The van der Waals surface area contributed by atoms with E-state index in [9.17, 15) is 5.11 Å². The molecule has 1 aromatic carbocycles. The molecule has 1 saturated heterocycles. The molecule has 1 aliphatic carbocycles. The van der Waals surface area contributed by atoms with Gasteiger partial charge in [0, 0.05) is 12.2 Å². The number of rotatable bonds is 3. The fraction of sp³-hybridized carbons (Fsp3) is 0.667. The van der Waals surface area contributed by atoms with Crippen molar-refractivity contribution in [1.82, 2.24) is 0 Å². The molecule has 1 aromatic rings. The topological polar surface area (TPSA) is 38.7 Å². The van der Waals surface area contributed by atoms with Crippen LogP contribution in [-0.4, -0.2) is 24.4 Å². The van der Waals surface area contributed by atoms with Crippen molar-refractivity contribution in [2.45, 2.75) is 57.2 Å². The molecule has 0 radical (unpaired) electrons. The zero-order valence-corrected chi connectivity index (χ0v) is 13.1. The van der Waals surface area contributed by atoms with E-state index in [4.69, 9.17) is 9.47 Å². The molecule has 1 heterocycles. The van der Waals surface area contributed by atoms with Crippen molar-refractivity contribution in [3.8, 4) is 5.75 Å². The predicted octanol–water partition coefficient (Wildman–Crippen LogP) is 3.78. The van der Waals surface area contributed by atoms with E-state index in [1.807, 2.05) is 25.1 Å². The summed E-state index contributed by atoms with van der Waals surface area (Å²) in [6, 6.07) is 6.06. The lowest BCUT2D eigenvalue weighted by atomic mass is 9.79. The number of aliphatic hydroxyl groups excluding tert-OH is 1. The minimum absolute atomic E-state index is 0.0435. The van der Waals surface area contributed by atoms with Crippen LogP contribution < -0.4 is 4.74 Å². The first-order valence-electron chi connectivity index (χ1n) is 8.10. The first-order valence-corrected chi connectivity index (χ1v) is 8.10. The van der Waals surface area contributed by atoms with Gasteiger partial charge in [-0.15, -0.1) is 0 Å². The lowest BCUT2D eigenvalue weighted by molar-refractivity contribution is -0.113. The summed E-state index contributed by atoms with van der Waals surface area (Å²) >= 11 is 0. The van der Waals surface area contributed by atoms with Gasteiger partial charge >= 0.3 is 0 Å². The van der Waals surface area contributed by atoms with Crippen LogP contribution in [0.2, 0.25) is 0 Å². The van der Waals surface area contributed by atoms with Gasteiger partial charge in [-0.3, -0.25) is 0 Å². The Hall–Kier alpha value is -1.06. The smallest absolute Gasteiger partial charge is 0.124 e. The molecular formula is C18H26O3. The number of hydrogen-bond acceptors (Lipinski definition) is 3. The zero-order valence-electron chi connectivity index (χ0n) is 13.1. The first-order chi connectivity index (χ1) is 10.1. The third-order valence-corrected chi connectivity index (χ3v) is 5.20. The SMILES string of the molecule is COc1cc(C)ccc1C(O)C1CCOC2(CCCC2)C1. The van der Waals surface area contributed by atoms with Gasteiger partial charge in [-0.05, 0) is 50.2 Å². The van der Waals surface area contributed by atoms with Crippen LogP contribution in [0.4, 0.5) is 0 Å². The van der Waals surface area contributed by atoms with Crippen molar-refractivity contribution in [2.24, 2.45) is 5.92 Å². The number of methoxy groups -OCH3 is 1. The molecule has 0 amide bonds. The van der Waals surface area contributed by atoms with E-state index < -0.39 is 6.10 Å². The summed E-state index contributed by atoms with van der Waals surface area (Å²) in [5.74, 6) is 1.07. The Morgan fingerprint density at radius 1 is 1.33 bits per heavy atom. The van der Waals surface area contributed by atoms with Gasteiger partial charge in [0.25, 0.3) is 0 Å². The van der Waals surface area contributed by atoms with Crippen LogP contribution in [0.15, 0.2) is 18.2 Å². The number of ether oxygens (including phenoxy) is 2. The zero-order chi connectivity index (χ0) is 14.9. The average Bonchev–Trinajstić information content (AvgIpc) is 2.94. The Morgan fingerprint density at radius 3 is 2.81 bits per heavy atom. The van der Waals surface area contributed by atoms with Crippen molar-refractivity contribution in [1.29, 1.82) is 0 Å². The van der Waals surface area contributed by atoms with E-state index in [1.165, 1.54) is 12.8 Å². The summed E-state index contributed by atoms with van der Waals surface area (Å²) in [6.07, 6.45) is 6.28. The van der Waals surface area contributed by atoms with Gasteiger partial charge in [-0.25, -0.2) is 0 Å². The van der Waals surface area contributed by atoms with Gasteiger partial charge in [0.05, 0.1) is 18.8 Å². The molecule has 2 atom stereocenters. The van der Waals surface area contributed by atoms with Crippen LogP contribution >= 0.6 is 0 Å². The molecule has 3 rings (SSSR count). The van der Waals surface area contributed by atoms with Gasteiger partial charge < -0.3 is 14.6 Å². The summed E-state index contributed by atoms with van der Waals surface area (Å²) < 4.78 is 11.5. The summed E-state index contributed by atoms with van der Waals surface area (Å²) in [6.45, 7) is 2.82. The third-order valence-electron chi connectivity index (χ3n) is 5.20. The maximum absolute atomic E-state index is 10.9. The van der Waals surface area contributed by atoms with E-state index in [2.05, 4.69) is 0 Å². The van der Waals surface area contributed by atoms with Crippen LogP contribution in [0.5, 0.6) is 5.75 Å². The van der Waals surface area contributed by atoms with E-state index >= 15 is 0 Å². The molecular weight excluding hydrogens is 264 g/mol. The maximum atomic E-state index is 10.9. The monoisotopic (exact) mass is 290 g/mol. The van der Waals surface area contributed by atoms with Gasteiger partial charge in [-0.1, -0.05) is 25.0 Å². The predicted molar refractivity (Wildman–Crippen MR) is 82.6 cm³/mol. The largest absolute Gasteiger partial charge is 0.496 e. The van der Waals surface area contributed by atoms with Crippen molar-refractivity contribution >= 4 is 0 Å². The van der Waals surface area contributed by atoms with Gasteiger partial charge in [0.15, 0.2) is 0 Å². The molecule has 3 nitrogen and oxygen atoms in total. The maximum Gasteiger partial charge on any atom is 0.124 e. The number of aliphatic hydroxyl groups is 1. The Bertz CT molecular complexity index is 491. The molecule has 1 N–H and O–H groups in total. The van der Waals surface area contributed by atoms with E-state index in [1.54, 1.807) is 7.11 Å². The first kappa shape index (κ1) is 14.9. The van der Waals surface area contributed by atoms with E-state index in [0.717, 1.165) is 49.2 Å². The minimum atomic E-state index is -0.457. The third kappa shape index (κ3) is 2.95. The molecule has 1 spiro atoms. The van der Waals surface area contributed by atoms with E-state index in [0.29, 0.717) is 0 Å². The van der Waals surface area contributed by atoms with Gasteiger partial charge in [0.1, 0.15) is 5.75 Å². The summed E-state index contributed by atoms with van der Waals surface area (Å²) in [5.41, 5.74) is 2.12. The van der Waals surface area contributed by atoms with Crippen LogP contribution in [0.1, 0.15) is 55.8 Å². The highest BCUT2D eigenvalue weighted by atomic mass is 16.5. The molecule has 2 aliphatic rings. The molecule has 1 saturated carbocycles. The van der Waals surface area contributed by atoms with Crippen molar-refractivity contribution in [3.63, 3.8) is 0 Å². The molecule has 2 unspecified atom stereocenters. The molecule has 0 aromatic heterocycles. The average molecular weight is 290 g/mol. The fourth-order valence-electron chi connectivity index (χ4n) is 4.02. The highest BCUT2D eigenvalue weighted by Crippen LogP contribution is 2.46. The highest BCUT2D eigenvalue weighted by Gasteiger charge is 2.42. The molecule has 21 heavy (non-hydrogen) atoms.